The standard InChI is InChI=1S/C16H22O/c17-13-6-2-1-3-8-14-10-7-11-15-9-4-5-12-16(14)15/h4-5,9,12-14H,1-3,6-8,10-11H2. The zero-order valence-electron chi connectivity index (χ0n) is 10.5. The van der Waals surface area contributed by atoms with Crippen LogP contribution in [-0.4, -0.2) is 6.29 Å². The van der Waals surface area contributed by atoms with Crippen molar-refractivity contribution in [3.63, 3.8) is 0 Å². The molecule has 0 fully saturated rings. The van der Waals surface area contributed by atoms with Gasteiger partial charge in [0.25, 0.3) is 0 Å². The largest absolute Gasteiger partial charge is 0.303 e. The van der Waals surface area contributed by atoms with Crippen molar-refractivity contribution >= 4 is 6.29 Å². The van der Waals surface area contributed by atoms with Crippen LogP contribution in [0.4, 0.5) is 0 Å². The van der Waals surface area contributed by atoms with Gasteiger partial charge < -0.3 is 4.79 Å². The maximum atomic E-state index is 10.2. The summed E-state index contributed by atoms with van der Waals surface area (Å²) in [7, 11) is 0. The molecule has 0 saturated heterocycles. The lowest BCUT2D eigenvalue weighted by molar-refractivity contribution is -0.107. The van der Waals surface area contributed by atoms with Crippen molar-refractivity contribution in [2.24, 2.45) is 0 Å². The first-order valence-electron chi connectivity index (χ1n) is 6.93. The number of unbranched alkanes of at least 4 members (excludes halogenated alkanes) is 3. The fourth-order valence-electron chi connectivity index (χ4n) is 2.95. The van der Waals surface area contributed by atoms with Crippen molar-refractivity contribution in [1.82, 2.24) is 0 Å². The fourth-order valence-corrected chi connectivity index (χ4v) is 2.95. The number of carbonyl (C=O) groups excluding carboxylic acids is 1. The molecule has 1 heteroatoms. The summed E-state index contributed by atoms with van der Waals surface area (Å²) in [4.78, 5) is 10.2. The Hall–Kier alpha value is -1.11. The normalized spacial score (nSPS) is 18.7. The fraction of sp³-hybridized carbons (Fsp3) is 0.562. The Kier molecular flexibility index (Phi) is 4.78. The van der Waals surface area contributed by atoms with E-state index >= 15 is 0 Å². The van der Waals surface area contributed by atoms with Crippen LogP contribution in [0.15, 0.2) is 24.3 Å². The van der Waals surface area contributed by atoms with Gasteiger partial charge in [0.1, 0.15) is 6.29 Å². The second kappa shape index (κ2) is 6.58. The highest BCUT2D eigenvalue weighted by molar-refractivity contribution is 5.48. The molecule has 0 radical (unpaired) electrons. The number of rotatable bonds is 6. The molecule has 1 atom stereocenters. The third-order valence-corrected chi connectivity index (χ3v) is 3.87. The average molecular weight is 230 g/mol. The molecule has 1 aromatic carbocycles. The summed E-state index contributed by atoms with van der Waals surface area (Å²) in [6.45, 7) is 0. The maximum Gasteiger partial charge on any atom is 0.119 e. The van der Waals surface area contributed by atoms with Crippen LogP contribution in [0.1, 0.15) is 62.0 Å². The Morgan fingerprint density at radius 2 is 2.06 bits per heavy atom. The second-order valence-electron chi connectivity index (χ2n) is 5.09. The van der Waals surface area contributed by atoms with Crippen molar-refractivity contribution in [3.05, 3.63) is 35.4 Å². The molecule has 0 amide bonds. The van der Waals surface area contributed by atoms with Gasteiger partial charge in [-0.3, -0.25) is 0 Å². The zero-order valence-corrected chi connectivity index (χ0v) is 10.5. The SMILES string of the molecule is O=CCCCCCC1CCCc2ccccc21. The minimum absolute atomic E-state index is 0.737. The van der Waals surface area contributed by atoms with Gasteiger partial charge in [-0.05, 0) is 49.1 Å². The Morgan fingerprint density at radius 3 is 2.94 bits per heavy atom. The molecule has 0 spiro atoms. The molecule has 0 N–H and O–H groups in total. The predicted octanol–water partition coefficient (Wildman–Crippen LogP) is 4.26. The van der Waals surface area contributed by atoms with E-state index in [-0.39, 0.29) is 0 Å². The van der Waals surface area contributed by atoms with Gasteiger partial charge in [-0.1, -0.05) is 37.1 Å². The lowest BCUT2D eigenvalue weighted by atomic mass is 9.80. The number of hydrogen-bond acceptors (Lipinski definition) is 1. The first-order chi connectivity index (χ1) is 8.42. The van der Waals surface area contributed by atoms with E-state index in [4.69, 9.17) is 0 Å². The van der Waals surface area contributed by atoms with Gasteiger partial charge in [0.2, 0.25) is 0 Å². The van der Waals surface area contributed by atoms with Gasteiger partial charge in [-0.15, -0.1) is 0 Å². The molecule has 17 heavy (non-hydrogen) atoms. The molecule has 0 bridgehead atoms. The van der Waals surface area contributed by atoms with Crippen LogP contribution in [0.3, 0.4) is 0 Å². The van der Waals surface area contributed by atoms with E-state index in [1.54, 1.807) is 11.1 Å². The Labute approximate surface area is 104 Å². The van der Waals surface area contributed by atoms with Crippen LogP contribution in [0.5, 0.6) is 0 Å². The van der Waals surface area contributed by atoms with Gasteiger partial charge in [-0.25, -0.2) is 0 Å². The van der Waals surface area contributed by atoms with Crippen LogP contribution < -0.4 is 0 Å². The molecule has 1 aliphatic rings. The van der Waals surface area contributed by atoms with Gasteiger partial charge in [0.05, 0.1) is 0 Å². The first kappa shape index (κ1) is 12.3. The van der Waals surface area contributed by atoms with E-state index in [0.717, 1.165) is 25.0 Å². The van der Waals surface area contributed by atoms with Crippen molar-refractivity contribution in [2.45, 2.75) is 57.3 Å². The molecule has 1 aliphatic carbocycles. The highest BCUT2D eigenvalue weighted by Gasteiger charge is 2.18. The summed E-state index contributed by atoms with van der Waals surface area (Å²) in [6, 6.07) is 8.92. The number of aryl methyl sites for hydroxylation is 1. The summed E-state index contributed by atoms with van der Waals surface area (Å²) < 4.78 is 0. The summed E-state index contributed by atoms with van der Waals surface area (Å²) in [5.74, 6) is 0.774. The molecule has 1 aromatic rings. The van der Waals surface area contributed by atoms with E-state index in [0.29, 0.717) is 0 Å². The molecule has 0 heterocycles. The first-order valence-corrected chi connectivity index (χ1v) is 6.93. The summed E-state index contributed by atoms with van der Waals surface area (Å²) >= 11 is 0. The molecular formula is C16H22O. The van der Waals surface area contributed by atoms with E-state index in [1.807, 2.05) is 0 Å². The topological polar surface area (TPSA) is 17.1 Å². The summed E-state index contributed by atoms with van der Waals surface area (Å²) in [5, 5.41) is 0. The van der Waals surface area contributed by atoms with Gasteiger partial charge in [-0.2, -0.15) is 0 Å². The third kappa shape index (κ3) is 3.42. The lowest BCUT2D eigenvalue weighted by Gasteiger charge is -2.25. The van der Waals surface area contributed by atoms with Crippen LogP contribution >= 0.6 is 0 Å². The molecule has 0 saturated carbocycles. The summed E-state index contributed by atoms with van der Waals surface area (Å²) in [6.07, 6.45) is 10.6. The van der Waals surface area contributed by atoms with Crippen LogP contribution in [0, 0.1) is 0 Å². The number of benzene rings is 1. The Morgan fingerprint density at radius 1 is 1.18 bits per heavy atom. The number of fused-ring (bicyclic) bond motifs is 1. The van der Waals surface area contributed by atoms with Crippen molar-refractivity contribution < 1.29 is 4.79 Å². The van der Waals surface area contributed by atoms with Gasteiger partial charge in [0, 0.05) is 6.42 Å². The molecule has 1 unspecified atom stereocenters. The van der Waals surface area contributed by atoms with E-state index in [9.17, 15) is 4.79 Å². The molecule has 1 nitrogen and oxygen atoms in total. The number of carbonyl (C=O) groups is 1. The quantitative estimate of drug-likeness (QED) is 0.527. The number of hydrogen-bond donors (Lipinski definition) is 0. The predicted molar refractivity (Wildman–Crippen MR) is 71.3 cm³/mol. The Balaban J connectivity index is 1.84. The zero-order chi connectivity index (χ0) is 11.9. The number of aldehydes is 1. The molecular weight excluding hydrogens is 208 g/mol. The minimum Gasteiger partial charge on any atom is -0.303 e. The average Bonchev–Trinajstić information content (AvgIpc) is 2.39. The van der Waals surface area contributed by atoms with Crippen molar-refractivity contribution in [2.75, 3.05) is 0 Å². The lowest BCUT2D eigenvalue weighted by Crippen LogP contribution is -2.09. The van der Waals surface area contributed by atoms with Crippen LogP contribution in [-0.2, 0) is 11.2 Å². The van der Waals surface area contributed by atoms with E-state index < -0.39 is 0 Å². The smallest absolute Gasteiger partial charge is 0.119 e. The summed E-state index contributed by atoms with van der Waals surface area (Å²) in [5.41, 5.74) is 3.16. The molecule has 0 aliphatic heterocycles. The molecule has 0 aromatic heterocycles. The van der Waals surface area contributed by atoms with Crippen molar-refractivity contribution in [3.8, 4) is 0 Å². The second-order valence-corrected chi connectivity index (χ2v) is 5.09. The van der Waals surface area contributed by atoms with E-state index in [1.165, 1.54) is 38.5 Å². The van der Waals surface area contributed by atoms with Crippen LogP contribution in [0.2, 0.25) is 0 Å². The highest BCUT2D eigenvalue weighted by Crippen LogP contribution is 2.34. The molecule has 2 rings (SSSR count). The molecule has 92 valence electrons. The maximum absolute atomic E-state index is 10.2. The highest BCUT2D eigenvalue weighted by atomic mass is 16.1. The van der Waals surface area contributed by atoms with Crippen LogP contribution in [0.25, 0.3) is 0 Å². The Bertz CT molecular complexity index is 356. The third-order valence-electron chi connectivity index (χ3n) is 3.87. The van der Waals surface area contributed by atoms with Crippen molar-refractivity contribution in [1.29, 1.82) is 0 Å². The monoisotopic (exact) mass is 230 g/mol. The van der Waals surface area contributed by atoms with Gasteiger partial charge >= 0.3 is 0 Å². The minimum atomic E-state index is 0.737. The van der Waals surface area contributed by atoms with E-state index in [2.05, 4.69) is 24.3 Å². The van der Waals surface area contributed by atoms with Gasteiger partial charge in [0.15, 0.2) is 0 Å².